The van der Waals surface area contributed by atoms with Gasteiger partial charge in [-0.25, -0.2) is 9.07 Å². The Labute approximate surface area is 180 Å². The van der Waals surface area contributed by atoms with Gasteiger partial charge in [0.2, 0.25) is 0 Å². The fraction of sp³-hybridized carbons (Fsp3) is 0.435. The van der Waals surface area contributed by atoms with E-state index in [1.54, 1.807) is 26.5 Å². The van der Waals surface area contributed by atoms with Gasteiger partial charge in [0.25, 0.3) is 0 Å². The summed E-state index contributed by atoms with van der Waals surface area (Å²) in [5, 5.41) is 8.83. The van der Waals surface area contributed by atoms with Gasteiger partial charge in [0.15, 0.2) is 5.82 Å². The highest BCUT2D eigenvalue weighted by Gasteiger charge is 2.44. The lowest BCUT2D eigenvalue weighted by molar-refractivity contribution is -0.00541. The SMILES string of the molecule is COc1ccc(-c2cn([C@@H]3C[C@@H]4CN(c5ccncc5F)C[C@@H]4C[C@H]3OC)nn2)cc1. The van der Waals surface area contributed by atoms with Crippen molar-refractivity contribution in [3.63, 3.8) is 0 Å². The Morgan fingerprint density at radius 1 is 1.03 bits per heavy atom. The third-order valence-electron chi connectivity index (χ3n) is 6.72. The van der Waals surface area contributed by atoms with Crippen molar-refractivity contribution in [1.82, 2.24) is 20.0 Å². The zero-order valence-electron chi connectivity index (χ0n) is 17.7. The molecule has 2 aromatic heterocycles. The summed E-state index contributed by atoms with van der Waals surface area (Å²) < 4.78 is 27.3. The Kier molecular flexibility index (Phi) is 5.31. The van der Waals surface area contributed by atoms with E-state index in [2.05, 4.69) is 20.2 Å². The average Bonchev–Trinajstić information content (AvgIpc) is 3.45. The van der Waals surface area contributed by atoms with E-state index in [1.165, 1.54) is 6.20 Å². The average molecular weight is 423 g/mol. The highest BCUT2D eigenvalue weighted by molar-refractivity contribution is 5.58. The van der Waals surface area contributed by atoms with E-state index >= 15 is 0 Å². The molecule has 1 saturated carbocycles. The van der Waals surface area contributed by atoms with Crippen LogP contribution >= 0.6 is 0 Å². The van der Waals surface area contributed by atoms with E-state index in [9.17, 15) is 4.39 Å². The van der Waals surface area contributed by atoms with E-state index in [4.69, 9.17) is 9.47 Å². The molecule has 0 radical (unpaired) electrons. The molecule has 3 heterocycles. The van der Waals surface area contributed by atoms with Gasteiger partial charge in [-0.3, -0.25) is 4.98 Å². The number of halogens is 1. The first kappa shape index (κ1) is 19.9. The van der Waals surface area contributed by atoms with Crippen LogP contribution in [0, 0.1) is 17.7 Å². The minimum absolute atomic E-state index is 0.0499. The first-order valence-electron chi connectivity index (χ1n) is 10.6. The number of aromatic nitrogens is 4. The van der Waals surface area contributed by atoms with Crippen LogP contribution < -0.4 is 9.64 Å². The second-order valence-corrected chi connectivity index (χ2v) is 8.38. The molecule has 162 valence electrons. The van der Waals surface area contributed by atoms with Crippen molar-refractivity contribution >= 4 is 5.69 Å². The number of hydrogen-bond acceptors (Lipinski definition) is 6. The highest BCUT2D eigenvalue weighted by atomic mass is 19.1. The minimum Gasteiger partial charge on any atom is -0.497 e. The molecular formula is C23H26FN5O2. The third-order valence-corrected chi connectivity index (χ3v) is 6.72. The third kappa shape index (κ3) is 3.76. The first-order chi connectivity index (χ1) is 15.2. The van der Waals surface area contributed by atoms with Crippen molar-refractivity contribution in [2.45, 2.75) is 25.0 Å². The second kappa shape index (κ2) is 8.26. The van der Waals surface area contributed by atoms with Crippen molar-refractivity contribution in [2.75, 3.05) is 32.2 Å². The second-order valence-electron chi connectivity index (χ2n) is 8.38. The molecule has 2 fully saturated rings. The first-order valence-corrected chi connectivity index (χ1v) is 10.6. The van der Waals surface area contributed by atoms with Gasteiger partial charge in [-0.1, -0.05) is 5.21 Å². The largest absolute Gasteiger partial charge is 0.497 e. The molecule has 3 aromatic rings. The monoisotopic (exact) mass is 423 g/mol. The molecule has 7 nitrogen and oxygen atoms in total. The van der Waals surface area contributed by atoms with E-state index in [1.807, 2.05) is 35.1 Å². The predicted octanol–water partition coefficient (Wildman–Crippen LogP) is 3.59. The number of ether oxygens (including phenoxy) is 2. The molecule has 2 aliphatic rings. The van der Waals surface area contributed by atoms with Crippen LogP contribution in [0.15, 0.2) is 48.9 Å². The van der Waals surface area contributed by atoms with Gasteiger partial charge in [-0.15, -0.1) is 5.10 Å². The normalized spacial score (nSPS) is 25.5. The number of pyridine rings is 1. The summed E-state index contributed by atoms with van der Waals surface area (Å²) in [5.74, 6) is 1.47. The topological polar surface area (TPSA) is 65.3 Å². The van der Waals surface area contributed by atoms with Gasteiger partial charge in [-0.05, 0) is 55.0 Å². The van der Waals surface area contributed by atoms with Gasteiger partial charge in [-0.2, -0.15) is 0 Å². The number of fused-ring (bicyclic) bond motifs is 1. The lowest BCUT2D eigenvalue weighted by Gasteiger charge is -2.36. The summed E-state index contributed by atoms with van der Waals surface area (Å²) in [4.78, 5) is 6.02. The van der Waals surface area contributed by atoms with Crippen LogP contribution in [0.2, 0.25) is 0 Å². The molecule has 4 atom stereocenters. The van der Waals surface area contributed by atoms with E-state index in [0.29, 0.717) is 17.5 Å². The molecule has 0 N–H and O–H groups in total. The van der Waals surface area contributed by atoms with Crippen molar-refractivity contribution < 1.29 is 13.9 Å². The molecule has 8 heteroatoms. The van der Waals surface area contributed by atoms with Gasteiger partial charge < -0.3 is 14.4 Å². The summed E-state index contributed by atoms with van der Waals surface area (Å²) in [5.41, 5.74) is 2.46. The molecule has 1 aliphatic carbocycles. The Bertz CT molecular complexity index is 1040. The quantitative estimate of drug-likeness (QED) is 0.625. The number of anilines is 1. The van der Waals surface area contributed by atoms with Crippen LogP contribution in [-0.2, 0) is 4.74 Å². The zero-order valence-corrected chi connectivity index (χ0v) is 17.7. The number of methoxy groups -OCH3 is 2. The van der Waals surface area contributed by atoms with Crippen molar-refractivity contribution in [3.8, 4) is 17.0 Å². The summed E-state index contributed by atoms with van der Waals surface area (Å²) in [6.07, 6.45) is 6.83. The molecule has 0 amide bonds. The van der Waals surface area contributed by atoms with Crippen LogP contribution in [-0.4, -0.2) is 53.4 Å². The maximum atomic E-state index is 14.3. The molecule has 1 aromatic carbocycles. The van der Waals surface area contributed by atoms with E-state index in [-0.39, 0.29) is 18.0 Å². The smallest absolute Gasteiger partial charge is 0.164 e. The van der Waals surface area contributed by atoms with Gasteiger partial charge >= 0.3 is 0 Å². The standard InChI is InChI=1S/C23H26FN5O2/c1-30-18-5-3-15(4-6-18)20-14-29(27-26-20)22-9-16-12-28(13-17(16)10-23(22)31-2)21-7-8-25-11-19(21)24/h3-8,11,14,16-17,22-23H,9-10,12-13H2,1-2H3/t16-,17+,22-,23-/m1/s1. The number of nitrogens with zero attached hydrogens (tertiary/aromatic N) is 5. The minimum atomic E-state index is -0.263. The predicted molar refractivity (Wildman–Crippen MR) is 114 cm³/mol. The van der Waals surface area contributed by atoms with Crippen molar-refractivity contribution in [2.24, 2.45) is 11.8 Å². The maximum Gasteiger partial charge on any atom is 0.164 e. The summed E-state index contributed by atoms with van der Waals surface area (Å²) in [7, 11) is 3.41. The number of hydrogen-bond donors (Lipinski definition) is 0. The molecule has 31 heavy (non-hydrogen) atoms. The summed E-state index contributed by atoms with van der Waals surface area (Å²) in [6, 6.07) is 9.67. The molecular weight excluding hydrogens is 397 g/mol. The van der Waals surface area contributed by atoms with Crippen LogP contribution in [0.4, 0.5) is 10.1 Å². The van der Waals surface area contributed by atoms with Crippen LogP contribution in [0.25, 0.3) is 11.3 Å². The zero-order chi connectivity index (χ0) is 21.4. The highest BCUT2D eigenvalue weighted by Crippen LogP contribution is 2.43. The summed E-state index contributed by atoms with van der Waals surface area (Å²) >= 11 is 0. The molecule has 0 unspecified atom stereocenters. The lowest BCUT2D eigenvalue weighted by atomic mass is 9.77. The molecule has 1 aliphatic heterocycles. The molecule has 5 rings (SSSR count). The van der Waals surface area contributed by atoms with Crippen molar-refractivity contribution in [1.29, 1.82) is 0 Å². The van der Waals surface area contributed by atoms with Gasteiger partial charge in [0, 0.05) is 32.0 Å². The fourth-order valence-corrected chi connectivity index (χ4v) is 5.08. The Morgan fingerprint density at radius 3 is 2.52 bits per heavy atom. The van der Waals surface area contributed by atoms with Gasteiger partial charge in [0.1, 0.15) is 11.4 Å². The van der Waals surface area contributed by atoms with Gasteiger partial charge in [0.05, 0.1) is 37.3 Å². The van der Waals surface area contributed by atoms with Crippen LogP contribution in [0.3, 0.4) is 0 Å². The summed E-state index contributed by atoms with van der Waals surface area (Å²) in [6.45, 7) is 1.67. The number of rotatable bonds is 5. The fourth-order valence-electron chi connectivity index (χ4n) is 5.08. The molecule has 0 spiro atoms. The maximum absolute atomic E-state index is 14.3. The molecule has 1 saturated heterocycles. The lowest BCUT2D eigenvalue weighted by Crippen LogP contribution is -2.37. The van der Waals surface area contributed by atoms with E-state index in [0.717, 1.165) is 42.9 Å². The Balaban J connectivity index is 1.35. The van der Waals surface area contributed by atoms with Crippen LogP contribution in [0.5, 0.6) is 5.75 Å². The van der Waals surface area contributed by atoms with E-state index < -0.39 is 0 Å². The molecule has 0 bridgehead atoms. The Hall–Kier alpha value is -3.00. The number of benzene rings is 1. The van der Waals surface area contributed by atoms with Crippen LogP contribution in [0.1, 0.15) is 18.9 Å². The Morgan fingerprint density at radius 2 is 1.81 bits per heavy atom. The van der Waals surface area contributed by atoms with Crippen molar-refractivity contribution in [3.05, 3.63) is 54.7 Å².